The minimum atomic E-state index is -3.34. The highest BCUT2D eigenvalue weighted by molar-refractivity contribution is 6.98. The lowest BCUT2D eigenvalue weighted by Crippen LogP contribution is -2.65. The van der Waals surface area contributed by atoms with Crippen LogP contribution in [0.2, 0.25) is 5.04 Å². The summed E-state index contributed by atoms with van der Waals surface area (Å²) in [6, 6.07) is 16.3. The molecule has 0 saturated heterocycles. The lowest BCUT2D eigenvalue weighted by atomic mass is 10.0. The van der Waals surface area contributed by atoms with Crippen molar-refractivity contribution in [2.45, 2.75) is 63.8 Å². The number of carbonyl (C=O) groups is 3. The number of aliphatic hydroxyl groups excluding tert-OH is 1. The predicted octanol–water partition coefficient (Wildman–Crippen LogP) is 1.10. The zero-order valence-corrected chi connectivity index (χ0v) is 21.9. The van der Waals surface area contributed by atoms with Crippen molar-refractivity contribution in [2.75, 3.05) is 7.05 Å². The van der Waals surface area contributed by atoms with E-state index in [0.29, 0.717) is 6.42 Å². The molecule has 2 rings (SSSR count). The third kappa shape index (κ3) is 6.36. The lowest BCUT2D eigenvalue weighted by Gasteiger charge is -2.42. The van der Waals surface area contributed by atoms with Crippen LogP contribution in [0.3, 0.4) is 0 Å². The second-order valence-electron chi connectivity index (χ2n) is 9.58. The van der Waals surface area contributed by atoms with Gasteiger partial charge in [0.05, 0.1) is 6.10 Å². The largest absolute Gasteiger partial charge is 0.480 e. The molecule has 2 aromatic rings. The van der Waals surface area contributed by atoms with Crippen molar-refractivity contribution in [2.24, 2.45) is 0 Å². The van der Waals surface area contributed by atoms with E-state index in [1.807, 2.05) is 74.5 Å². The Morgan fingerprint density at radius 3 is 1.83 bits per heavy atom. The fraction of sp³-hybridized carbons (Fsp3) is 0.423. The molecule has 0 aromatic heterocycles. The van der Waals surface area contributed by atoms with Gasteiger partial charge in [0, 0.05) is 14.0 Å². The molecule has 2 aromatic carbocycles. The summed E-state index contributed by atoms with van der Waals surface area (Å²) in [7, 11) is -1.96. The molecular weight excluding hydrogens is 464 g/mol. The molecule has 0 spiro atoms. The van der Waals surface area contributed by atoms with E-state index in [2.05, 4.69) is 5.32 Å². The number of amides is 2. The van der Waals surface area contributed by atoms with Gasteiger partial charge in [0.15, 0.2) is 0 Å². The van der Waals surface area contributed by atoms with Gasteiger partial charge in [-0.25, -0.2) is 4.79 Å². The Morgan fingerprint density at radius 2 is 1.46 bits per heavy atom. The van der Waals surface area contributed by atoms with E-state index in [4.69, 9.17) is 0 Å². The first-order valence-corrected chi connectivity index (χ1v) is 13.6. The number of rotatable bonds is 11. The van der Waals surface area contributed by atoms with E-state index in [9.17, 15) is 29.4 Å². The van der Waals surface area contributed by atoms with Crippen LogP contribution >= 0.6 is 0 Å². The van der Waals surface area contributed by atoms with Crippen LogP contribution in [0.4, 0.5) is 0 Å². The van der Waals surface area contributed by atoms with Gasteiger partial charge in [-0.1, -0.05) is 74.5 Å². The van der Waals surface area contributed by atoms with Crippen molar-refractivity contribution < 1.29 is 29.4 Å². The molecule has 0 aliphatic carbocycles. The number of hydrogen-bond acceptors (Lipinski definition) is 5. The molecule has 0 aliphatic heterocycles. The monoisotopic (exact) mass is 500 g/mol. The van der Waals surface area contributed by atoms with Gasteiger partial charge in [0.1, 0.15) is 12.1 Å². The summed E-state index contributed by atoms with van der Waals surface area (Å²) in [5.74, 6) is -2.41. The van der Waals surface area contributed by atoms with Crippen molar-refractivity contribution in [3.63, 3.8) is 0 Å². The van der Waals surface area contributed by atoms with Crippen LogP contribution in [-0.4, -0.2) is 71.2 Å². The number of hydrogen-bond donors (Lipinski definition) is 4. The second-order valence-corrected chi connectivity index (χ2v) is 13.5. The fourth-order valence-corrected chi connectivity index (χ4v) is 8.17. The average molecular weight is 501 g/mol. The van der Waals surface area contributed by atoms with Crippen LogP contribution in [0.1, 0.15) is 40.5 Å². The Balaban J connectivity index is 2.32. The smallest absolute Gasteiger partial charge is 0.326 e. The highest BCUT2D eigenvalue weighted by Gasteiger charge is 2.50. The summed E-state index contributed by atoms with van der Waals surface area (Å²) in [6.45, 7) is 6.47. The molecule has 8 nitrogen and oxygen atoms in total. The molecule has 0 unspecified atom stereocenters. The van der Waals surface area contributed by atoms with E-state index in [-0.39, 0.29) is 6.42 Å². The normalized spacial score (nSPS) is 14.5. The minimum Gasteiger partial charge on any atom is -0.480 e. The molecule has 4 N–H and O–H groups in total. The summed E-state index contributed by atoms with van der Waals surface area (Å²) in [5.41, 5.74) is 0. The standard InChI is InChI=1S/C26H36N2O6Si/c1-18(29)23(28(5)19(2)30)24(31)27-22(25(32)33)16-17-26(3,4)35(34,20-12-8-6-9-13-20)21-14-10-7-11-15-21/h6-15,18,22-23,29,34H,16-17H2,1-5H3,(H,27,31)(H,32,33)/t18-,22+,23+/m1/s1. The first-order valence-electron chi connectivity index (χ1n) is 11.6. The molecule has 2 amide bonds. The van der Waals surface area contributed by atoms with Crippen LogP contribution in [-0.2, 0) is 14.4 Å². The topological polar surface area (TPSA) is 127 Å². The summed E-state index contributed by atoms with van der Waals surface area (Å²) < 4.78 is 0. The second kappa shape index (κ2) is 11.6. The average Bonchev–Trinajstić information content (AvgIpc) is 2.81. The fourth-order valence-electron chi connectivity index (χ4n) is 4.42. The number of aliphatic hydroxyl groups is 1. The number of carbonyl (C=O) groups excluding carboxylic acids is 2. The minimum absolute atomic E-state index is 0.0549. The zero-order valence-electron chi connectivity index (χ0n) is 20.9. The number of nitrogens with zero attached hydrogens (tertiary/aromatic N) is 1. The van der Waals surface area contributed by atoms with Gasteiger partial charge in [0.25, 0.3) is 8.32 Å². The lowest BCUT2D eigenvalue weighted by molar-refractivity contribution is -0.146. The maximum absolute atomic E-state index is 12.8. The Morgan fingerprint density at radius 1 is 1.00 bits per heavy atom. The Labute approximate surface area is 207 Å². The van der Waals surface area contributed by atoms with Gasteiger partial charge in [0.2, 0.25) is 11.8 Å². The van der Waals surface area contributed by atoms with Gasteiger partial charge < -0.3 is 25.2 Å². The maximum atomic E-state index is 12.8. The molecule has 0 aliphatic rings. The van der Waals surface area contributed by atoms with Gasteiger partial charge in [-0.15, -0.1) is 0 Å². The van der Waals surface area contributed by atoms with Gasteiger partial charge in [-0.3, -0.25) is 9.59 Å². The van der Waals surface area contributed by atoms with E-state index < -0.39 is 49.3 Å². The highest BCUT2D eigenvalue weighted by Crippen LogP contribution is 2.40. The van der Waals surface area contributed by atoms with E-state index in [1.54, 1.807) is 0 Å². The van der Waals surface area contributed by atoms with Crippen molar-refractivity contribution in [3.05, 3.63) is 60.7 Å². The van der Waals surface area contributed by atoms with E-state index in [1.165, 1.54) is 20.9 Å². The van der Waals surface area contributed by atoms with Gasteiger partial charge in [-0.05, 0) is 35.2 Å². The van der Waals surface area contributed by atoms with Gasteiger partial charge in [-0.2, -0.15) is 0 Å². The summed E-state index contributed by atoms with van der Waals surface area (Å²) in [6.07, 6.45) is -0.832. The maximum Gasteiger partial charge on any atom is 0.326 e. The summed E-state index contributed by atoms with van der Waals surface area (Å²) in [5, 5.41) is 23.3. The molecule has 35 heavy (non-hydrogen) atoms. The molecule has 3 atom stereocenters. The Hall–Kier alpha value is -3.01. The van der Waals surface area contributed by atoms with Crippen LogP contribution in [0.15, 0.2) is 60.7 Å². The van der Waals surface area contributed by atoms with Crippen LogP contribution in [0.25, 0.3) is 0 Å². The van der Waals surface area contributed by atoms with Crippen molar-refractivity contribution in [1.82, 2.24) is 10.2 Å². The Kier molecular flexibility index (Phi) is 9.36. The molecule has 0 heterocycles. The zero-order chi connectivity index (χ0) is 26.4. The van der Waals surface area contributed by atoms with Crippen molar-refractivity contribution in [3.8, 4) is 0 Å². The number of nitrogens with one attached hydrogen (secondary N) is 1. The highest BCUT2D eigenvalue weighted by atomic mass is 28.4. The molecular formula is C26H36N2O6Si. The first-order chi connectivity index (χ1) is 16.3. The van der Waals surface area contributed by atoms with Gasteiger partial charge >= 0.3 is 5.97 Å². The third-order valence-electron chi connectivity index (χ3n) is 6.67. The molecule has 0 radical (unpaired) electrons. The molecule has 0 saturated carbocycles. The van der Waals surface area contributed by atoms with Crippen molar-refractivity contribution in [1.29, 1.82) is 0 Å². The third-order valence-corrected chi connectivity index (χ3v) is 11.2. The van der Waals surface area contributed by atoms with Crippen LogP contribution < -0.4 is 15.7 Å². The number of benzene rings is 2. The number of likely N-dealkylation sites (N-methyl/N-ethyl adjacent to an activating group) is 1. The van der Waals surface area contributed by atoms with E-state index in [0.717, 1.165) is 15.3 Å². The Bertz CT molecular complexity index is 974. The predicted molar refractivity (Wildman–Crippen MR) is 137 cm³/mol. The quantitative estimate of drug-likeness (QED) is 0.342. The van der Waals surface area contributed by atoms with Crippen molar-refractivity contribution >= 4 is 36.5 Å². The number of carboxylic acids is 1. The van der Waals surface area contributed by atoms with Crippen LogP contribution in [0.5, 0.6) is 0 Å². The number of aliphatic carboxylic acids is 1. The molecule has 9 heteroatoms. The van der Waals surface area contributed by atoms with E-state index >= 15 is 0 Å². The molecule has 0 bridgehead atoms. The number of carboxylic acid groups (broad SMARTS) is 1. The van der Waals surface area contributed by atoms with Crippen LogP contribution in [0, 0.1) is 0 Å². The summed E-state index contributed by atoms with van der Waals surface area (Å²) in [4.78, 5) is 49.9. The molecule has 190 valence electrons. The first kappa shape index (κ1) is 28.2. The molecule has 0 fully saturated rings. The summed E-state index contributed by atoms with van der Waals surface area (Å²) >= 11 is 0. The SMILES string of the molecule is CC(=O)N(C)[C@H](C(=O)N[C@@H](CCC(C)(C)[Si](O)(c1ccccc1)c1ccccc1)C(=O)O)[C@@H](C)O.